The van der Waals surface area contributed by atoms with Crippen LogP contribution in [0.2, 0.25) is 0 Å². The van der Waals surface area contributed by atoms with Crippen LogP contribution in [-0.4, -0.2) is 6.54 Å². The summed E-state index contributed by atoms with van der Waals surface area (Å²) in [5.41, 5.74) is 6.70. The van der Waals surface area contributed by atoms with Crippen LogP contribution in [-0.2, 0) is 13.0 Å². The first-order valence-corrected chi connectivity index (χ1v) is 7.51. The number of anilines is 1. The second-order valence-corrected chi connectivity index (χ2v) is 6.98. The van der Waals surface area contributed by atoms with Gasteiger partial charge < -0.3 is 11.1 Å². The van der Waals surface area contributed by atoms with E-state index >= 15 is 0 Å². The standard InChI is InChI=1S/C11H13BrN2S2/c12-11-2-1-8(16-11)3-5-14-7-10-9(13)4-6-15-10/h1-2,4,6,14H,3,5,7,13H2. The van der Waals surface area contributed by atoms with Gasteiger partial charge in [-0.25, -0.2) is 0 Å². The number of nitrogens with two attached hydrogens (primary N) is 1. The zero-order valence-electron chi connectivity index (χ0n) is 8.70. The summed E-state index contributed by atoms with van der Waals surface area (Å²) in [6, 6.07) is 6.21. The largest absolute Gasteiger partial charge is 0.398 e. The average Bonchev–Trinajstić information content (AvgIpc) is 2.83. The van der Waals surface area contributed by atoms with E-state index in [1.54, 1.807) is 22.7 Å². The summed E-state index contributed by atoms with van der Waals surface area (Å²) in [5, 5.41) is 5.44. The Morgan fingerprint density at radius 1 is 1.31 bits per heavy atom. The first kappa shape index (κ1) is 12.1. The van der Waals surface area contributed by atoms with Crippen molar-refractivity contribution in [3.05, 3.63) is 37.1 Å². The number of nitrogens with one attached hydrogen (secondary N) is 1. The van der Waals surface area contributed by atoms with Crippen LogP contribution in [0.3, 0.4) is 0 Å². The summed E-state index contributed by atoms with van der Waals surface area (Å²) in [6.07, 6.45) is 1.07. The van der Waals surface area contributed by atoms with Crippen molar-refractivity contribution in [1.82, 2.24) is 5.32 Å². The van der Waals surface area contributed by atoms with Gasteiger partial charge in [-0.15, -0.1) is 22.7 Å². The highest BCUT2D eigenvalue weighted by Gasteiger charge is 2.00. The molecule has 2 heterocycles. The van der Waals surface area contributed by atoms with Gasteiger partial charge in [-0.2, -0.15) is 0 Å². The minimum Gasteiger partial charge on any atom is -0.398 e. The lowest BCUT2D eigenvalue weighted by Crippen LogP contribution is -2.16. The fraction of sp³-hybridized carbons (Fsp3) is 0.273. The fourth-order valence-electron chi connectivity index (χ4n) is 1.39. The van der Waals surface area contributed by atoms with Crippen molar-refractivity contribution in [2.45, 2.75) is 13.0 Å². The van der Waals surface area contributed by atoms with Crippen molar-refractivity contribution in [2.24, 2.45) is 0 Å². The summed E-state index contributed by atoms with van der Waals surface area (Å²) in [6.45, 7) is 1.86. The zero-order chi connectivity index (χ0) is 11.4. The molecule has 2 aromatic heterocycles. The van der Waals surface area contributed by atoms with E-state index in [2.05, 4.69) is 33.4 Å². The number of rotatable bonds is 5. The predicted molar refractivity (Wildman–Crippen MR) is 76.2 cm³/mol. The lowest BCUT2D eigenvalue weighted by atomic mass is 10.3. The van der Waals surface area contributed by atoms with E-state index in [4.69, 9.17) is 5.73 Å². The molecule has 0 radical (unpaired) electrons. The van der Waals surface area contributed by atoms with Crippen molar-refractivity contribution in [1.29, 1.82) is 0 Å². The quantitative estimate of drug-likeness (QED) is 0.829. The van der Waals surface area contributed by atoms with Crippen molar-refractivity contribution >= 4 is 44.3 Å². The predicted octanol–water partition coefficient (Wildman–Crippen LogP) is 3.49. The van der Waals surface area contributed by atoms with Gasteiger partial charge in [0.2, 0.25) is 0 Å². The van der Waals surface area contributed by atoms with Crippen LogP contribution in [0, 0.1) is 0 Å². The first-order valence-electron chi connectivity index (χ1n) is 5.02. The van der Waals surface area contributed by atoms with E-state index in [1.165, 1.54) is 13.5 Å². The molecule has 0 spiro atoms. The Kier molecular flexibility index (Phi) is 4.40. The summed E-state index contributed by atoms with van der Waals surface area (Å²) in [7, 11) is 0. The Morgan fingerprint density at radius 2 is 2.19 bits per heavy atom. The maximum atomic E-state index is 5.80. The minimum absolute atomic E-state index is 0.871. The molecule has 0 saturated heterocycles. The topological polar surface area (TPSA) is 38.0 Å². The van der Waals surface area contributed by atoms with E-state index in [0.29, 0.717) is 0 Å². The van der Waals surface area contributed by atoms with E-state index in [1.807, 2.05) is 11.4 Å². The molecule has 0 saturated carbocycles. The van der Waals surface area contributed by atoms with Gasteiger partial charge in [0.25, 0.3) is 0 Å². The van der Waals surface area contributed by atoms with Gasteiger partial charge in [-0.05, 0) is 45.9 Å². The molecule has 0 bridgehead atoms. The van der Waals surface area contributed by atoms with Gasteiger partial charge in [0.1, 0.15) is 0 Å². The molecule has 3 N–H and O–H groups in total. The SMILES string of the molecule is Nc1ccsc1CNCCc1ccc(Br)s1. The third-order valence-electron chi connectivity index (χ3n) is 2.24. The Hall–Kier alpha value is -0.360. The number of halogens is 1. The van der Waals surface area contributed by atoms with Crippen LogP contribution in [0.15, 0.2) is 27.4 Å². The van der Waals surface area contributed by atoms with Crippen LogP contribution in [0.5, 0.6) is 0 Å². The van der Waals surface area contributed by atoms with Gasteiger partial charge in [0.05, 0.1) is 3.79 Å². The van der Waals surface area contributed by atoms with Crippen LogP contribution < -0.4 is 11.1 Å². The molecule has 0 aliphatic rings. The summed E-state index contributed by atoms with van der Waals surface area (Å²) < 4.78 is 1.20. The van der Waals surface area contributed by atoms with Crippen molar-refractivity contribution < 1.29 is 0 Å². The minimum atomic E-state index is 0.871. The highest BCUT2D eigenvalue weighted by atomic mass is 79.9. The molecule has 0 aliphatic carbocycles. The molecule has 0 aromatic carbocycles. The molecule has 16 heavy (non-hydrogen) atoms. The molecule has 86 valence electrons. The van der Waals surface area contributed by atoms with Crippen LogP contribution in [0.25, 0.3) is 0 Å². The van der Waals surface area contributed by atoms with Crippen molar-refractivity contribution in [3.63, 3.8) is 0 Å². The molecule has 5 heteroatoms. The Bertz CT molecular complexity index is 450. The highest BCUT2D eigenvalue weighted by Crippen LogP contribution is 2.22. The lowest BCUT2D eigenvalue weighted by molar-refractivity contribution is 0.698. The van der Waals surface area contributed by atoms with Crippen molar-refractivity contribution in [2.75, 3.05) is 12.3 Å². The number of hydrogen-bond donors (Lipinski definition) is 2. The third-order valence-corrected chi connectivity index (χ3v) is 4.86. The van der Waals surface area contributed by atoms with Gasteiger partial charge in [0, 0.05) is 28.5 Å². The van der Waals surface area contributed by atoms with E-state index in [9.17, 15) is 0 Å². The molecule has 0 amide bonds. The number of nitrogen functional groups attached to an aromatic ring is 1. The maximum Gasteiger partial charge on any atom is 0.0701 e. The molecule has 0 aliphatic heterocycles. The molecular weight excluding hydrogens is 304 g/mol. The smallest absolute Gasteiger partial charge is 0.0701 e. The van der Waals surface area contributed by atoms with E-state index < -0.39 is 0 Å². The fourth-order valence-corrected chi connectivity index (χ4v) is 3.64. The monoisotopic (exact) mass is 316 g/mol. The average molecular weight is 317 g/mol. The first-order chi connectivity index (χ1) is 7.75. The molecule has 2 nitrogen and oxygen atoms in total. The summed E-state index contributed by atoms with van der Waals surface area (Å²) >= 11 is 6.97. The van der Waals surface area contributed by atoms with Gasteiger partial charge in [0.15, 0.2) is 0 Å². The molecule has 2 rings (SSSR count). The van der Waals surface area contributed by atoms with Gasteiger partial charge >= 0.3 is 0 Å². The van der Waals surface area contributed by atoms with Crippen LogP contribution in [0.4, 0.5) is 5.69 Å². The number of hydrogen-bond acceptors (Lipinski definition) is 4. The molecular formula is C11H13BrN2S2. The molecule has 0 atom stereocenters. The second kappa shape index (κ2) is 5.82. The van der Waals surface area contributed by atoms with Crippen molar-refractivity contribution in [3.8, 4) is 0 Å². The summed E-state index contributed by atoms with van der Waals surface area (Å²) in [4.78, 5) is 2.63. The van der Waals surface area contributed by atoms with Crippen LogP contribution in [0.1, 0.15) is 9.75 Å². The summed E-state index contributed by atoms with van der Waals surface area (Å²) in [5.74, 6) is 0. The van der Waals surface area contributed by atoms with E-state index in [0.717, 1.165) is 25.2 Å². The molecule has 0 fully saturated rings. The second-order valence-electron chi connectivity index (χ2n) is 3.43. The van der Waals surface area contributed by atoms with Gasteiger partial charge in [-0.1, -0.05) is 0 Å². The Morgan fingerprint density at radius 3 is 2.81 bits per heavy atom. The Balaban J connectivity index is 1.71. The van der Waals surface area contributed by atoms with Gasteiger partial charge in [-0.3, -0.25) is 0 Å². The zero-order valence-corrected chi connectivity index (χ0v) is 11.9. The highest BCUT2D eigenvalue weighted by molar-refractivity contribution is 9.11. The molecule has 2 aromatic rings. The normalized spacial score (nSPS) is 10.8. The molecule has 0 unspecified atom stereocenters. The van der Waals surface area contributed by atoms with Crippen LogP contribution >= 0.6 is 38.6 Å². The Labute approximate surface area is 112 Å². The lowest BCUT2D eigenvalue weighted by Gasteiger charge is -2.02. The number of thiophene rings is 2. The maximum absolute atomic E-state index is 5.80. The third kappa shape index (κ3) is 3.31. The van der Waals surface area contributed by atoms with E-state index in [-0.39, 0.29) is 0 Å².